The van der Waals surface area contributed by atoms with Crippen molar-refractivity contribution in [2.24, 2.45) is 0 Å². The van der Waals surface area contributed by atoms with Crippen LogP contribution in [0.4, 0.5) is 0 Å². The lowest BCUT2D eigenvalue weighted by molar-refractivity contribution is 0.0218. The molecule has 0 radical (unpaired) electrons. The molecule has 1 rings (SSSR count). The van der Waals surface area contributed by atoms with Crippen molar-refractivity contribution in [1.29, 1.82) is 0 Å². The summed E-state index contributed by atoms with van der Waals surface area (Å²) in [7, 11) is 0. The van der Waals surface area contributed by atoms with E-state index in [0.717, 1.165) is 12.1 Å². The fourth-order valence-electron chi connectivity index (χ4n) is 1.35. The summed E-state index contributed by atoms with van der Waals surface area (Å²) in [6, 6.07) is 6.17. The van der Waals surface area contributed by atoms with E-state index in [1.165, 1.54) is 0 Å². The first-order chi connectivity index (χ1) is 8.15. The third kappa shape index (κ3) is 4.94. The molecule has 0 unspecified atom stereocenters. The number of hydrogen-bond acceptors (Lipinski definition) is 3. The van der Waals surface area contributed by atoms with E-state index in [0.29, 0.717) is 23.4 Å². The van der Waals surface area contributed by atoms with Crippen molar-refractivity contribution in [2.45, 2.75) is 33.4 Å². The molecule has 1 N–H and O–H groups in total. The van der Waals surface area contributed by atoms with E-state index in [-0.39, 0.29) is 6.79 Å². The lowest BCUT2D eigenvalue weighted by Crippen LogP contribution is -2.22. The van der Waals surface area contributed by atoms with Crippen LogP contribution in [-0.2, 0) is 11.3 Å². The highest BCUT2D eigenvalue weighted by molar-refractivity contribution is 6.32. The fourth-order valence-corrected chi connectivity index (χ4v) is 1.60. The molecule has 17 heavy (non-hydrogen) atoms. The topological polar surface area (TPSA) is 30.5 Å². The van der Waals surface area contributed by atoms with Crippen LogP contribution >= 0.6 is 11.6 Å². The Balaban J connectivity index is 2.69. The predicted octanol–water partition coefficient (Wildman–Crippen LogP) is 3.21. The van der Waals surface area contributed by atoms with Gasteiger partial charge in [0.1, 0.15) is 5.75 Å². The van der Waals surface area contributed by atoms with E-state index in [9.17, 15) is 0 Å². The molecule has 4 heteroatoms. The lowest BCUT2D eigenvalue weighted by Gasteiger charge is -2.14. The van der Waals surface area contributed by atoms with Crippen LogP contribution in [0, 0.1) is 0 Å². The summed E-state index contributed by atoms with van der Waals surface area (Å²) in [6.45, 7) is 7.73. The maximum absolute atomic E-state index is 6.12. The van der Waals surface area contributed by atoms with Gasteiger partial charge in [-0.05, 0) is 13.0 Å². The smallest absolute Gasteiger partial charge is 0.189 e. The number of benzene rings is 1. The maximum Gasteiger partial charge on any atom is 0.189 e. The molecule has 0 saturated carbocycles. The normalized spacial score (nSPS) is 10.9. The average Bonchev–Trinajstić information content (AvgIpc) is 2.29. The Labute approximate surface area is 108 Å². The zero-order valence-corrected chi connectivity index (χ0v) is 11.4. The summed E-state index contributed by atoms with van der Waals surface area (Å²) in [6.07, 6.45) is 0. The molecular weight excluding hydrogens is 238 g/mol. The van der Waals surface area contributed by atoms with Crippen molar-refractivity contribution in [3.8, 4) is 5.75 Å². The third-order valence-corrected chi connectivity index (χ3v) is 2.54. The van der Waals surface area contributed by atoms with Gasteiger partial charge in [0.2, 0.25) is 0 Å². The summed E-state index contributed by atoms with van der Waals surface area (Å²) < 4.78 is 10.7. The maximum atomic E-state index is 6.12. The average molecular weight is 258 g/mol. The molecule has 0 saturated heterocycles. The quantitative estimate of drug-likeness (QED) is 0.601. The van der Waals surface area contributed by atoms with Gasteiger partial charge < -0.3 is 14.8 Å². The number of rotatable bonds is 7. The highest BCUT2D eigenvalue weighted by Gasteiger charge is 2.08. The fraction of sp³-hybridized carbons (Fsp3) is 0.538. The number of ether oxygens (including phenoxy) is 2. The van der Waals surface area contributed by atoms with E-state index in [4.69, 9.17) is 21.1 Å². The Bertz CT molecular complexity index is 342. The summed E-state index contributed by atoms with van der Waals surface area (Å²) >= 11 is 6.12. The van der Waals surface area contributed by atoms with Crippen LogP contribution in [0.25, 0.3) is 0 Å². The molecule has 1 aromatic rings. The lowest BCUT2D eigenvalue weighted by atomic mass is 10.2. The van der Waals surface area contributed by atoms with Gasteiger partial charge in [-0.25, -0.2) is 0 Å². The van der Waals surface area contributed by atoms with Crippen LogP contribution in [-0.4, -0.2) is 19.4 Å². The van der Waals surface area contributed by atoms with Crippen LogP contribution < -0.4 is 10.1 Å². The number of halogens is 1. The second kappa shape index (κ2) is 7.54. The molecule has 0 bridgehead atoms. The van der Waals surface area contributed by atoms with Crippen molar-refractivity contribution in [3.05, 3.63) is 28.8 Å². The standard InChI is InChI=1S/C13H20ClNO2/c1-4-16-9-17-13-11(8-15-10(2)3)6-5-7-12(13)14/h5-7,10,15H,4,8-9H2,1-3H3. The number of para-hydroxylation sites is 1. The Morgan fingerprint density at radius 2 is 2.12 bits per heavy atom. The minimum atomic E-state index is 0.231. The zero-order chi connectivity index (χ0) is 12.7. The monoisotopic (exact) mass is 257 g/mol. The highest BCUT2D eigenvalue weighted by atomic mass is 35.5. The summed E-state index contributed by atoms with van der Waals surface area (Å²) in [5.41, 5.74) is 1.05. The summed E-state index contributed by atoms with van der Waals surface area (Å²) in [5, 5.41) is 3.96. The largest absolute Gasteiger partial charge is 0.466 e. The highest BCUT2D eigenvalue weighted by Crippen LogP contribution is 2.28. The minimum Gasteiger partial charge on any atom is -0.466 e. The van der Waals surface area contributed by atoms with Crippen molar-refractivity contribution in [2.75, 3.05) is 13.4 Å². The molecule has 0 heterocycles. The van der Waals surface area contributed by atoms with E-state index >= 15 is 0 Å². The second-order valence-corrected chi connectivity index (χ2v) is 4.43. The van der Waals surface area contributed by atoms with Crippen LogP contribution in [0.1, 0.15) is 26.3 Å². The van der Waals surface area contributed by atoms with Crippen LogP contribution in [0.5, 0.6) is 5.75 Å². The Hall–Kier alpha value is -0.770. The first-order valence-corrected chi connectivity index (χ1v) is 6.24. The first kappa shape index (κ1) is 14.3. The molecule has 0 aliphatic carbocycles. The van der Waals surface area contributed by atoms with Crippen molar-refractivity contribution in [1.82, 2.24) is 5.32 Å². The molecule has 0 amide bonds. The molecule has 0 spiro atoms. The van der Waals surface area contributed by atoms with Gasteiger partial charge >= 0.3 is 0 Å². The van der Waals surface area contributed by atoms with Crippen LogP contribution in [0.2, 0.25) is 5.02 Å². The van der Waals surface area contributed by atoms with Crippen LogP contribution in [0.15, 0.2) is 18.2 Å². The van der Waals surface area contributed by atoms with E-state index < -0.39 is 0 Å². The number of nitrogens with one attached hydrogen (secondary N) is 1. The Kier molecular flexibility index (Phi) is 6.34. The molecule has 0 fully saturated rings. The van der Waals surface area contributed by atoms with Gasteiger partial charge in [-0.15, -0.1) is 0 Å². The minimum absolute atomic E-state index is 0.231. The zero-order valence-electron chi connectivity index (χ0n) is 10.6. The molecular formula is C13H20ClNO2. The van der Waals surface area contributed by atoms with E-state index in [1.54, 1.807) is 0 Å². The Morgan fingerprint density at radius 3 is 2.76 bits per heavy atom. The van der Waals surface area contributed by atoms with Gasteiger partial charge in [0.15, 0.2) is 6.79 Å². The van der Waals surface area contributed by atoms with Gasteiger partial charge in [0.05, 0.1) is 5.02 Å². The second-order valence-electron chi connectivity index (χ2n) is 4.02. The molecule has 0 aliphatic heterocycles. The van der Waals surface area contributed by atoms with Gasteiger partial charge in [-0.1, -0.05) is 37.6 Å². The molecule has 0 aromatic heterocycles. The van der Waals surface area contributed by atoms with Gasteiger partial charge in [0, 0.05) is 24.8 Å². The summed E-state index contributed by atoms with van der Waals surface area (Å²) in [5.74, 6) is 0.704. The van der Waals surface area contributed by atoms with Crippen LogP contribution in [0.3, 0.4) is 0 Å². The van der Waals surface area contributed by atoms with Gasteiger partial charge in [0.25, 0.3) is 0 Å². The molecule has 0 atom stereocenters. The van der Waals surface area contributed by atoms with E-state index in [2.05, 4.69) is 19.2 Å². The summed E-state index contributed by atoms with van der Waals surface area (Å²) in [4.78, 5) is 0. The third-order valence-electron chi connectivity index (χ3n) is 2.24. The molecule has 3 nitrogen and oxygen atoms in total. The van der Waals surface area contributed by atoms with Crippen molar-refractivity contribution in [3.63, 3.8) is 0 Å². The first-order valence-electron chi connectivity index (χ1n) is 5.86. The molecule has 1 aromatic carbocycles. The molecule has 0 aliphatic rings. The van der Waals surface area contributed by atoms with E-state index in [1.807, 2.05) is 25.1 Å². The molecule has 96 valence electrons. The number of hydrogen-bond donors (Lipinski definition) is 1. The Morgan fingerprint density at radius 1 is 1.35 bits per heavy atom. The van der Waals surface area contributed by atoms with Crippen molar-refractivity contribution >= 4 is 11.6 Å². The van der Waals surface area contributed by atoms with Gasteiger partial charge in [-0.3, -0.25) is 0 Å². The predicted molar refractivity (Wildman–Crippen MR) is 70.5 cm³/mol. The SMILES string of the molecule is CCOCOc1c(Cl)cccc1CNC(C)C. The van der Waals surface area contributed by atoms with Crippen molar-refractivity contribution < 1.29 is 9.47 Å². The van der Waals surface area contributed by atoms with Gasteiger partial charge in [-0.2, -0.15) is 0 Å².